The quantitative estimate of drug-likeness (QED) is 0.766. The maximum absolute atomic E-state index is 12.2. The molecule has 25 heavy (non-hydrogen) atoms. The average Bonchev–Trinajstić information content (AvgIpc) is 2.55. The predicted molar refractivity (Wildman–Crippen MR) is 102 cm³/mol. The number of anilines is 2. The molecule has 0 bridgehead atoms. The Hall–Kier alpha value is -2.08. The third-order valence-corrected chi connectivity index (χ3v) is 4.68. The number of carbonyl (C=O) groups excluding carboxylic acids is 2. The number of amides is 3. The highest BCUT2D eigenvalue weighted by Crippen LogP contribution is 2.20. The molecule has 138 valence electrons. The maximum atomic E-state index is 12.2. The number of urea groups is 1. The molecule has 1 aromatic rings. The van der Waals surface area contributed by atoms with Gasteiger partial charge in [0, 0.05) is 37.4 Å². The van der Waals surface area contributed by atoms with Crippen molar-refractivity contribution in [1.82, 2.24) is 10.2 Å². The second-order valence-corrected chi connectivity index (χ2v) is 7.14. The van der Waals surface area contributed by atoms with E-state index in [0.29, 0.717) is 24.0 Å². The van der Waals surface area contributed by atoms with E-state index in [0.717, 1.165) is 24.6 Å². The molecule has 2 rings (SSSR count). The van der Waals surface area contributed by atoms with Crippen molar-refractivity contribution in [2.45, 2.75) is 46.6 Å². The number of benzene rings is 1. The molecule has 0 aliphatic carbocycles. The largest absolute Gasteiger partial charge is 0.336 e. The molecule has 0 unspecified atom stereocenters. The van der Waals surface area contributed by atoms with Crippen LogP contribution in [0.25, 0.3) is 0 Å². The Balaban J connectivity index is 1.86. The SMILES string of the molecule is CC(=O)Nc1ccc(C)c(NC(=O)NC[C@@H](C)N2CCC[C@H](C)C2)c1. The molecular weight excluding hydrogens is 316 g/mol. The van der Waals surface area contributed by atoms with Crippen LogP contribution in [-0.2, 0) is 4.79 Å². The fraction of sp³-hybridized carbons (Fsp3) is 0.579. The Bertz CT molecular complexity index is 617. The van der Waals surface area contributed by atoms with Gasteiger partial charge < -0.3 is 16.0 Å². The minimum atomic E-state index is -0.222. The van der Waals surface area contributed by atoms with Gasteiger partial charge in [0.15, 0.2) is 0 Å². The standard InChI is InChI=1S/C19H30N4O2/c1-13-6-5-9-23(12-13)15(3)11-20-19(25)22-18-10-17(21-16(4)24)8-7-14(18)2/h7-8,10,13,15H,5-6,9,11-12H2,1-4H3,(H,21,24)(H2,20,22,25)/t13-,15+/m0/s1. The lowest BCUT2D eigenvalue weighted by Crippen LogP contribution is -2.47. The first-order valence-electron chi connectivity index (χ1n) is 9.02. The lowest BCUT2D eigenvalue weighted by Gasteiger charge is -2.35. The van der Waals surface area contributed by atoms with Gasteiger partial charge in [-0.1, -0.05) is 13.0 Å². The Labute approximate surface area is 150 Å². The molecule has 3 N–H and O–H groups in total. The third-order valence-electron chi connectivity index (χ3n) is 4.68. The van der Waals surface area contributed by atoms with Crippen molar-refractivity contribution in [3.63, 3.8) is 0 Å². The number of aryl methyl sites for hydroxylation is 1. The van der Waals surface area contributed by atoms with Crippen molar-refractivity contribution in [1.29, 1.82) is 0 Å². The van der Waals surface area contributed by atoms with Gasteiger partial charge in [0.1, 0.15) is 0 Å². The number of hydrogen-bond acceptors (Lipinski definition) is 3. The minimum absolute atomic E-state index is 0.135. The fourth-order valence-electron chi connectivity index (χ4n) is 3.20. The highest BCUT2D eigenvalue weighted by Gasteiger charge is 2.21. The van der Waals surface area contributed by atoms with Crippen molar-refractivity contribution in [3.05, 3.63) is 23.8 Å². The van der Waals surface area contributed by atoms with Gasteiger partial charge >= 0.3 is 6.03 Å². The zero-order valence-corrected chi connectivity index (χ0v) is 15.7. The van der Waals surface area contributed by atoms with E-state index in [1.54, 1.807) is 6.07 Å². The summed E-state index contributed by atoms with van der Waals surface area (Å²) in [6.45, 7) is 10.6. The topological polar surface area (TPSA) is 73.5 Å². The lowest BCUT2D eigenvalue weighted by molar-refractivity contribution is -0.114. The summed E-state index contributed by atoms with van der Waals surface area (Å²) >= 11 is 0. The molecule has 6 heteroatoms. The predicted octanol–water partition coefficient (Wildman–Crippen LogP) is 3.20. The highest BCUT2D eigenvalue weighted by atomic mass is 16.2. The monoisotopic (exact) mass is 346 g/mol. The van der Waals surface area contributed by atoms with Crippen molar-refractivity contribution in [3.8, 4) is 0 Å². The summed E-state index contributed by atoms with van der Waals surface area (Å²) in [6, 6.07) is 5.56. The number of carbonyl (C=O) groups is 2. The van der Waals surface area contributed by atoms with Crippen molar-refractivity contribution < 1.29 is 9.59 Å². The van der Waals surface area contributed by atoms with Gasteiger partial charge in [-0.25, -0.2) is 4.79 Å². The van der Waals surface area contributed by atoms with E-state index in [1.165, 1.54) is 19.8 Å². The van der Waals surface area contributed by atoms with Crippen LogP contribution in [0.15, 0.2) is 18.2 Å². The number of likely N-dealkylation sites (tertiary alicyclic amines) is 1. The Kier molecular flexibility index (Phi) is 6.82. The van der Waals surface area contributed by atoms with Crippen LogP contribution in [0.3, 0.4) is 0 Å². The van der Waals surface area contributed by atoms with Crippen LogP contribution in [0.4, 0.5) is 16.2 Å². The van der Waals surface area contributed by atoms with Crippen LogP contribution in [-0.4, -0.2) is 42.5 Å². The van der Waals surface area contributed by atoms with Gasteiger partial charge in [-0.05, 0) is 56.8 Å². The van der Waals surface area contributed by atoms with Crippen LogP contribution in [0.2, 0.25) is 0 Å². The molecular formula is C19H30N4O2. The highest BCUT2D eigenvalue weighted by molar-refractivity contribution is 5.93. The zero-order valence-electron chi connectivity index (χ0n) is 15.7. The van der Waals surface area contributed by atoms with Gasteiger partial charge in [-0.15, -0.1) is 0 Å². The molecule has 0 saturated carbocycles. The van der Waals surface area contributed by atoms with E-state index in [1.807, 2.05) is 19.1 Å². The van der Waals surface area contributed by atoms with Crippen LogP contribution >= 0.6 is 0 Å². The van der Waals surface area contributed by atoms with E-state index in [-0.39, 0.29) is 11.9 Å². The maximum Gasteiger partial charge on any atom is 0.319 e. The number of nitrogens with zero attached hydrogens (tertiary/aromatic N) is 1. The first-order valence-corrected chi connectivity index (χ1v) is 9.02. The molecule has 1 aliphatic heterocycles. The molecule has 0 radical (unpaired) electrons. The smallest absolute Gasteiger partial charge is 0.319 e. The zero-order chi connectivity index (χ0) is 18.4. The lowest BCUT2D eigenvalue weighted by atomic mass is 9.99. The average molecular weight is 346 g/mol. The molecule has 1 fully saturated rings. The summed E-state index contributed by atoms with van der Waals surface area (Å²) in [6.07, 6.45) is 2.52. The molecule has 2 atom stereocenters. The van der Waals surface area contributed by atoms with E-state index in [2.05, 4.69) is 34.7 Å². The summed E-state index contributed by atoms with van der Waals surface area (Å²) in [5, 5.41) is 8.55. The van der Waals surface area contributed by atoms with Crippen LogP contribution in [0.1, 0.15) is 39.2 Å². The second kappa shape index (κ2) is 8.85. The molecule has 0 aromatic heterocycles. The number of piperidine rings is 1. The normalized spacial score (nSPS) is 19.1. The van der Waals surface area contributed by atoms with Crippen LogP contribution < -0.4 is 16.0 Å². The van der Waals surface area contributed by atoms with E-state index in [9.17, 15) is 9.59 Å². The molecule has 3 amide bonds. The second-order valence-electron chi connectivity index (χ2n) is 7.14. The van der Waals surface area contributed by atoms with E-state index < -0.39 is 0 Å². The van der Waals surface area contributed by atoms with Gasteiger partial charge in [-0.3, -0.25) is 9.69 Å². The van der Waals surface area contributed by atoms with Crippen molar-refractivity contribution in [2.75, 3.05) is 30.3 Å². The number of rotatable bonds is 5. The number of nitrogens with one attached hydrogen (secondary N) is 3. The van der Waals surface area contributed by atoms with E-state index in [4.69, 9.17) is 0 Å². The first-order chi connectivity index (χ1) is 11.8. The van der Waals surface area contributed by atoms with Gasteiger partial charge in [0.05, 0.1) is 0 Å². The molecule has 1 heterocycles. The van der Waals surface area contributed by atoms with Gasteiger partial charge in [0.25, 0.3) is 0 Å². The summed E-state index contributed by atoms with van der Waals surface area (Å²) in [5.41, 5.74) is 2.31. The van der Waals surface area contributed by atoms with Crippen molar-refractivity contribution in [2.24, 2.45) is 5.92 Å². The summed E-state index contributed by atoms with van der Waals surface area (Å²) in [5.74, 6) is 0.591. The number of hydrogen-bond donors (Lipinski definition) is 3. The first kappa shape index (κ1) is 19.2. The molecule has 1 aromatic carbocycles. The Morgan fingerprint density at radius 2 is 2.08 bits per heavy atom. The molecule has 0 spiro atoms. The summed E-state index contributed by atoms with van der Waals surface area (Å²) in [7, 11) is 0. The Morgan fingerprint density at radius 3 is 2.76 bits per heavy atom. The summed E-state index contributed by atoms with van der Waals surface area (Å²) in [4.78, 5) is 25.8. The van der Waals surface area contributed by atoms with Gasteiger partial charge in [0.2, 0.25) is 5.91 Å². The van der Waals surface area contributed by atoms with Crippen LogP contribution in [0, 0.1) is 12.8 Å². The molecule has 6 nitrogen and oxygen atoms in total. The molecule has 1 saturated heterocycles. The summed E-state index contributed by atoms with van der Waals surface area (Å²) < 4.78 is 0. The Morgan fingerprint density at radius 1 is 1.32 bits per heavy atom. The fourth-order valence-corrected chi connectivity index (χ4v) is 3.20. The minimum Gasteiger partial charge on any atom is -0.336 e. The van der Waals surface area contributed by atoms with E-state index >= 15 is 0 Å². The molecule has 1 aliphatic rings. The third kappa shape index (κ3) is 6.05. The van der Waals surface area contributed by atoms with Crippen LogP contribution in [0.5, 0.6) is 0 Å². The van der Waals surface area contributed by atoms with Gasteiger partial charge in [-0.2, -0.15) is 0 Å². The van der Waals surface area contributed by atoms with Crippen molar-refractivity contribution >= 4 is 23.3 Å².